The zero-order valence-corrected chi connectivity index (χ0v) is 20.9. The number of aliphatic hydroxyl groups is 2. The second kappa shape index (κ2) is 9.75. The number of aromatic hydroxyl groups is 1. The minimum atomic E-state index is -2.11. The first-order valence-electron chi connectivity index (χ1n) is 11.8. The largest absolute Gasteiger partial charge is 0.510 e. The molecule has 1 aromatic carbocycles. The number of phenolic OH excluding ortho intramolecular Hbond substituents is 1. The van der Waals surface area contributed by atoms with Crippen LogP contribution in [0.1, 0.15) is 27.9 Å². The van der Waals surface area contributed by atoms with E-state index < -0.39 is 58.0 Å². The van der Waals surface area contributed by atoms with Gasteiger partial charge in [0.25, 0.3) is 5.91 Å². The molecule has 0 saturated carbocycles. The van der Waals surface area contributed by atoms with Crippen molar-refractivity contribution in [2.75, 3.05) is 27.8 Å². The van der Waals surface area contributed by atoms with Gasteiger partial charge in [-0.25, -0.2) is 0 Å². The van der Waals surface area contributed by atoms with Gasteiger partial charge in [-0.1, -0.05) is 12.1 Å². The zero-order valence-electron chi connectivity index (χ0n) is 20.9. The van der Waals surface area contributed by atoms with Gasteiger partial charge in [-0.2, -0.15) is 5.48 Å². The Morgan fingerprint density at radius 2 is 2.00 bits per heavy atom. The lowest BCUT2D eigenvalue weighted by molar-refractivity contribution is -0.154. The van der Waals surface area contributed by atoms with E-state index in [1.54, 1.807) is 31.1 Å². The Morgan fingerprint density at radius 1 is 1.30 bits per heavy atom. The topological polar surface area (TPSA) is 172 Å². The number of primary amides is 1. The summed E-state index contributed by atoms with van der Waals surface area (Å²) in [7, 11) is 4.50. The molecule has 1 amide bonds. The molecule has 0 aromatic heterocycles. The summed E-state index contributed by atoms with van der Waals surface area (Å²) in [5.74, 6) is -5.61. The van der Waals surface area contributed by atoms with E-state index in [2.05, 4.69) is 12.1 Å². The molecule has 198 valence electrons. The molecule has 11 nitrogen and oxygen atoms in total. The first-order chi connectivity index (χ1) is 17.5. The van der Waals surface area contributed by atoms with Crippen LogP contribution in [0.25, 0.3) is 0 Å². The molecule has 3 aliphatic rings. The molecule has 0 bridgehead atoms. The standard InChI is InChI=1S/C26H31N3O8/c1-5-8-37-28-11-12-6-7-16(30)18-14(12)9-13-10-15-20(29(2)3)22(32)19(25(27)35)24(34)26(15,36-4)23(33)17(13)21(18)31/h5-7,13,15,20,28,30,32-33H,1,8-11H2,2-4H3,(H2,27,35)/t13-,15-,20-,26-/m0/s1. The molecule has 0 heterocycles. The van der Waals surface area contributed by atoms with Crippen molar-refractivity contribution < 1.29 is 39.3 Å². The monoisotopic (exact) mass is 513 g/mol. The Labute approximate surface area is 213 Å². The lowest BCUT2D eigenvalue weighted by atomic mass is 9.58. The van der Waals surface area contributed by atoms with Crippen molar-refractivity contribution in [2.24, 2.45) is 17.6 Å². The fourth-order valence-corrected chi connectivity index (χ4v) is 6.05. The number of allylic oxidation sites excluding steroid dienone is 1. The van der Waals surface area contributed by atoms with Crippen molar-refractivity contribution in [3.63, 3.8) is 0 Å². The SMILES string of the molecule is C=CCONCc1ccc(O)c2c1C[C@H]1C[C@H]3[C@H](N(C)C)C(O)=C(C(N)=O)C(=O)[C@@]3(OC)C(O)=C1C2=O. The summed E-state index contributed by atoms with van der Waals surface area (Å²) in [6.45, 7) is 4.10. The van der Waals surface area contributed by atoms with E-state index in [9.17, 15) is 29.7 Å². The third-order valence-corrected chi connectivity index (χ3v) is 7.56. The summed E-state index contributed by atoms with van der Waals surface area (Å²) in [5.41, 5.74) is 6.71. The molecule has 37 heavy (non-hydrogen) atoms. The molecule has 0 unspecified atom stereocenters. The third kappa shape index (κ3) is 3.86. The average molecular weight is 514 g/mol. The highest BCUT2D eigenvalue weighted by molar-refractivity contribution is 6.25. The van der Waals surface area contributed by atoms with Gasteiger partial charge in [-0.3, -0.25) is 24.1 Å². The molecule has 4 atom stereocenters. The van der Waals surface area contributed by atoms with Crippen LogP contribution < -0.4 is 11.2 Å². The number of methoxy groups -OCH3 is 1. The Bertz CT molecular complexity index is 1250. The van der Waals surface area contributed by atoms with Crippen LogP contribution in [-0.4, -0.2) is 77.1 Å². The minimum absolute atomic E-state index is 0.0199. The predicted octanol–water partition coefficient (Wildman–Crippen LogP) is 0.982. The molecule has 1 aromatic rings. The number of fused-ring (bicyclic) bond motifs is 3. The first kappa shape index (κ1) is 26.6. The van der Waals surface area contributed by atoms with Gasteiger partial charge >= 0.3 is 0 Å². The number of carbonyl (C=O) groups excluding carboxylic acids is 3. The Kier molecular flexibility index (Phi) is 6.99. The van der Waals surface area contributed by atoms with Gasteiger partial charge in [0.05, 0.1) is 18.2 Å². The smallest absolute Gasteiger partial charge is 0.255 e. The normalized spacial score (nSPS) is 27.2. The fraction of sp³-hybridized carbons (Fsp3) is 0.423. The number of hydroxylamine groups is 1. The van der Waals surface area contributed by atoms with E-state index in [4.69, 9.17) is 15.3 Å². The van der Waals surface area contributed by atoms with Crippen molar-refractivity contribution in [3.05, 3.63) is 64.1 Å². The van der Waals surface area contributed by atoms with E-state index in [0.29, 0.717) is 5.56 Å². The zero-order chi connectivity index (χ0) is 27.2. The maximum absolute atomic E-state index is 13.8. The number of carbonyl (C=O) groups is 3. The Balaban J connectivity index is 1.89. The van der Waals surface area contributed by atoms with Crippen LogP contribution in [0.5, 0.6) is 5.75 Å². The van der Waals surface area contributed by atoms with Crippen LogP contribution in [0.2, 0.25) is 0 Å². The lowest BCUT2D eigenvalue weighted by Crippen LogP contribution is -2.64. The van der Waals surface area contributed by atoms with Crippen LogP contribution in [-0.2, 0) is 32.1 Å². The van der Waals surface area contributed by atoms with Gasteiger partial charge in [0.15, 0.2) is 11.4 Å². The van der Waals surface area contributed by atoms with Crippen molar-refractivity contribution in [1.29, 1.82) is 0 Å². The fourth-order valence-electron chi connectivity index (χ4n) is 6.05. The molecule has 0 radical (unpaired) electrons. The van der Waals surface area contributed by atoms with Crippen LogP contribution in [0, 0.1) is 11.8 Å². The van der Waals surface area contributed by atoms with Gasteiger partial charge in [0.2, 0.25) is 5.78 Å². The molecule has 0 fully saturated rings. The maximum Gasteiger partial charge on any atom is 0.255 e. The summed E-state index contributed by atoms with van der Waals surface area (Å²) in [5, 5.41) is 33.1. The third-order valence-electron chi connectivity index (χ3n) is 7.56. The molecule has 11 heteroatoms. The second-order valence-electron chi connectivity index (χ2n) is 9.65. The number of nitrogens with two attached hydrogens (primary N) is 1. The number of hydrogen-bond donors (Lipinski definition) is 5. The summed E-state index contributed by atoms with van der Waals surface area (Å²) in [4.78, 5) is 46.4. The number of amides is 1. The molecular weight excluding hydrogens is 482 g/mol. The lowest BCUT2D eigenvalue weighted by Gasteiger charge is -2.51. The van der Waals surface area contributed by atoms with E-state index in [-0.39, 0.29) is 42.9 Å². The van der Waals surface area contributed by atoms with Crippen LogP contribution in [0.3, 0.4) is 0 Å². The first-order valence-corrected chi connectivity index (χ1v) is 11.8. The Morgan fingerprint density at radius 3 is 2.59 bits per heavy atom. The summed E-state index contributed by atoms with van der Waals surface area (Å²) in [6, 6.07) is 2.16. The highest BCUT2D eigenvalue weighted by Crippen LogP contribution is 2.53. The van der Waals surface area contributed by atoms with Crippen LogP contribution in [0.15, 0.2) is 47.5 Å². The summed E-state index contributed by atoms with van der Waals surface area (Å²) < 4.78 is 5.65. The van der Waals surface area contributed by atoms with E-state index in [1.807, 2.05) is 0 Å². The van der Waals surface area contributed by atoms with E-state index in [0.717, 1.165) is 5.56 Å². The van der Waals surface area contributed by atoms with E-state index in [1.165, 1.54) is 13.2 Å². The number of ether oxygens (including phenoxy) is 1. The molecule has 0 aliphatic heterocycles. The quantitative estimate of drug-likeness (QED) is 0.146. The molecular formula is C26H31N3O8. The molecule has 4 rings (SSSR count). The number of hydrogen-bond acceptors (Lipinski definition) is 10. The van der Waals surface area contributed by atoms with Gasteiger partial charge in [0.1, 0.15) is 22.8 Å². The van der Waals surface area contributed by atoms with Gasteiger partial charge in [0, 0.05) is 25.1 Å². The van der Waals surface area contributed by atoms with Crippen LogP contribution >= 0.6 is 0 Å². The number of likely N-dealkylation sites (N-methyl/N-ethyl adjacent to an activating group) is 1. The predicted molar refractivity (Wildman–Crippen MR) is 131 cm³/mol. The van der Waals surface area contributed by atoms with Crippen molar-refractivity contribution >= 4 is 17.5 Å². The minimum Gasteiger partial charge on any atom is -0.510 e. The van der Waals surface area contributed by atoms with Crippen molar-refractivity contribution in [3.8, 4) is 5.75 Å². The highest BCUT2D eigenvalue weighted by atomic mass is 16.6. The van der Waals surface area contributed by atoms with Crippen LogP contribution in [0.4, 0.5) is 0 Å². The van der Waals surface area contributed by atoms with Crippen molar-refractivity contribution in [1.82, 2.24) is 10.4 Å². The highest BCUT2D eigenvalue weighted by Gasteiger charge is 2.64. The number of Topliss-reactive ketones (excluding diaryl/α,β-unsaturated/α-hetero) is 2. The summed E-state index contributed by atoms with van der Waals surface area (Å²) >= 11 is 0. The van der Waals surface area contributed by atoms with Gasteiger partial charge in [-0.05, 0) is 50.0 Å². The number of aliphatic hydroxyl groups excluding tert-OH is 2. The number of benzene rings is 1. The molecule has 0 spiro atoms. The Hall–Kier alpha value is -3.51. The summed E-state index contributed by atoms with van der Waals surface area (Å²) in [6.07, 6.45) is 2.01. The number of nitrogens with zero attached hydrogens (tertiary/aromatic N) is 1. The maximum atomic E-state index is 13.8. The average Bonchev–Trinajstić information content (AvgIpc) is 2.82. The second-order valence-corrected chi connectivity index (χ2v) is 9.65. The van der Waals surface area contributed by atoms with Gasteiger partial charge < -0.3 is 25.8 Å². The molecule has 0 saturated heterocycles. The number of ketones is 2. The number of nitrogens with one attached hydrogen (secondary N) is 1. The number of rotatable bonds is 8. The molecule has 6 N–H and O–H groups in total. The van der Waals surface area contributed by atoms with Gasteiger partial charge in [-0.15, -0.1) is 6.58 Å². The van der Waals surface area contributed by atoms with Crippen molar-refractivity contribution in [2.45, 2.75) is 31.0 Å². The number of phenols is 1. The van der Waals surface area contributed by atoms with E-state index >= 15 is 0 Å². The molecule has 3 aliphatic carbocycles.